The molecule has 31 heavy (non-hydrogen) atoms. The van der Waals surface area contributed by atoms with Crippen molar-refractivity contribution in [1.29, 1.82) is 0 Å². The largest absolute Gasteiger partial charge is 0.462 e. The molecule has 0 unspecified atom stereocenters. The van der Waals surface area contributed by atoms with Gasteiger partial charge in [-0.15, -0.1) is 0 Å². The highest BCUT2D eigenvalue weighted by molar-refractivity contribution is 5.66. The highest BCUT2D eigenvalue weighted by Gasteiger charge is 2.82. The van der Waals surface area contributed by atoms with Gasteiger partial charge in [0.2, 0.25) is 0 Å². The first-order valence-electron chi connectivity index (χ1n) is 12.7. The van der Waals surface area contributed by atoms with Gasteiger partial charge in [0.15, 0.2) is 5.79 Å². The van der Waals surface area contributed by atoms with Crippen LogP contribution in [0.15, 0.2) is 0 Å². The van der Waals surface area contributed by atoms with Crippen molar-refractivity contribution in [2.45, 2.75) is 109 Å². The van der Waals surface area contributed by atoms with Gasteiger partial charge >= 0.3 is 5.97 Å². The number of fused-ring (bicyclic) bond motifs is 4. The van der Waals surface area contributed by atoms with Crippen molar-refractivity contribution in [3.8, 4) is 0 Å². The lowest BCUT2D eigenvalue weighted by atomic mass is 9.42. The van der Waals surface area contributed by atoms with E-state index >= 15 is 0 Å². The zero-order chi connectivity index (χ0) is 21.9. The number of hydrogen-bond acceptors (Lipinski definition) is 5. The molecule has 0 N–H and O–H groups in total. The van der Waals surface area contributed by atoms with Crippen molar-refractivity contribution in [3.05, 3.63) is 0 Å². The second-order valence-corrected chi connectivity index (χ2v) is 12.5. The van der Waals surface area contributed by atoms with Gasteiger partial charge in [0.05, 0.1) is 18.8 Å². The van der Waals surface area contributed by atoms with E-state index in [1.807, 2.05) is 0 Å². The molecule has 2 heterocycles. The molecule has 0 amide bonds. The van der Waals surface area contributed by atoms with Crippen LogP contribution in [0.4, 0.5) is 0 Å². The lowest BCUT2D eigenvalue weighted by Crippen LogP contribution is -2.61. The van der Waals surface area contributed by atoms with Gasteiger partial charge in [-0.1, -0.05) is 13.8 Å². The van der Waals surface area contributed by atoms with E-state index in [-0.39, 0.29) is 34.1 Å². The SMILES string of the molecule is CC(=O)O[C@H]1CC[C@]2(C)[C@H]3CC[C@]4(C)[C@@H](C5(C)OCCO5)CC[C@H]4[C@@H]3C[C@]3(C)O[C@@]32C1. The lowest BCUT2D eigenvalue weighted by molar-refractivity contribution is -0.218. The van der Waals surface area contributed by atoms with Crippen molar-refractivity contribution in [1.82, 2.24) is 0 Å². The first kappa shape index (κ1) is 20.9. The van der Waals surface area contributed by atoms with Crippen LogP contribution in [0, 0.1) is 34.5 Å². The van der Waals surface area contributed by atoms with Crippen LogP contribution < -0.4 is 0 Å². The van der Waals surface area contributed by atoms with E-state index in [1.165, 1.54) is 32.6 Å². The molecule has 0 radical (unpaired) electrons. The Morgan fingerprint density at radius 1 is 0.903 bits per heavy atom. The summed E-state index contributed by atoms with van der Waals surface area (Å²) in [5.41, 5.74) is 0.305. The summed E-state index contributed by atoms with van der Waals surface area (Å²) in [6, 6.07) is 0. The Morgan fingerprint density at radius 3 is 2.35 bits per heavy atom. The van der Waals surface area contributed by atoms with E-state index < -0.39 is 5.79 Å². The number of rotatable bonds is 2. The molecule has 0 aromatic carbocycles. The molecule has 5 nitrogen and oxygen atoms in total. The number of carbonyl (C=O) groups excluding carboxylic acids is 1. The van der Waals surface area contributed by atoms with Crippen molar-refractivity contribution in [3.63, 3.8) is 0 Å². The fourth-order valence-corrected chi connectivity index (χ4v) is 10.1. The van der Waals surface area contributed by atoms with E-state index in [0.717, 1.165) is 44.8 Å². The molecular weight excluding hydrogens is 392 g/mol. The van der Waals surface area contributed by atoms with Gasteiger partial charge in [-0.3, -0.25) is 4.79 Å². The van der Waals surface area contributed by atoms with Crippen LogP contribution in [0.3, 0.4) is 0 Å². The van der Waals surface area contributed by atoms with Crippen LogP contribution in [0.1, 0.15) is 86.0 Å². The molecule has 4 aliphatic carbocycles. The average Bonchev–Trinajstić information content (AvgIpc) is 2.98. The number of esters is 1. The first-order valence-corrected chi connectivity index (χ1v) is 12.7. The maximum atomic E-state index is 11.6. The summed E-state index contributed by atoms with van der Waals surface area (Å²) in [6.45, 7) is 12.6. The van der Waals surface area contributed by atoms with Crippen LogP contribution in [-0.4, -0.2) is 42.3 Å². The maximum absolute atomic E-state index is 11.6. The van der Waals surface area contributed by atoms with Crippen molar-refractivity contribution < 1.29 is 23.7 Å². The summed E-state index contributed by atoms with van der Waals surface area (Å²) in [4.78, 5) is 11.6. The molecule has 5 heteroatoms. The topological polar surface area (TPSA) is 57.3 Å². The van der Waals surface area contributed by atoms with Gasteiger partial charge in [0.1, 0.15) is 11.7 Å². The summed E-state index contributed by atoms with van der Waals surface area (Å²) in [5, 5.41) is 0. The molecule has 0 aromatic rings. The third-order valence-corrected chi connectivity index (χ3v) is 11.3. The number of epoxide rings is 1. The monoisotopic (exact) mass is 432 g/mol. The molecule has 6 rings (SSSR count). The van der Waals surface area contributed by atoms with E-state index in [0.29, 0.717) is 17.8 Å². The highest BCUT2D eigenvalue weighted by Crippen LogP contribution is 2.78. The third-order valence-electron chi connectivity index (χ3n) is 11.3. The van der Waals surface area contributed by atoms with Gasteiger partial charge in [0.25, 0.3) is 0 Å². The average molecular weight is 433 g/mol. The fourth-order valence-electron chi connectivity index (χ4n) is 10.1. The molecule has 4 saturated carbocycles. The molecule has 9 atom stereocenters. The third kappa shape index (κ3) is 2.52. The number of carbonyl (C=O) groups is 1. The normalized spacial score (nSPS) is 56.7. The Kier molecular flexibility index (Phi) is 4.23. The van der Waals surface area contributed by atoms with E-state index in [9.17, 15) is 4.79 Å². The van der Waals surface area contributed by atoms with E-state index in [1.54, 1.807) is 0 Å². The number of ether oxygens (including phenoxy) is 4. The molecule has 1 spiro atoms. The minimum Gasteiger partial charge on any atom is -0.462 e. The van der Waals surface area contributed by atoms with Crippen LogP contribution in [-0.2, 0) is 23.7 Å². The zero-order valence-electron chi connectivity index (χ0n) is 20.0. The molecule has 2 aliphatic heterocycles. The molecule has 6 aliphatic rings. The van der Waals surface area contributed by atoms with E-state index in [2.05, 4.69) is 27.7 Å². The van der Waals surface area contributed by atoms with Crippen LogP contribution in [0.2, 0.25) is 0 Å². The predicted molar refractivity (Wildman–Crippen MR) is 115 cm³/mol. The van der Waals surface area contributed by atoms with Gasteiger partial charge in [-0.05, 0) is 82.0 Å². The Labute approximate surface area is 186 Å². The van der Waals surface area contributed by atoms with Gasteiger partial charge in [0, 0.05) is 24.7 Å². The highest BCUT2D eigenvalue weighted by atomic mass is 16.7. The number of hydrogen-bond donors (Lipinski definition) is 0. The maximum Gasteiger partial charge on any atom is 0.302 e. The Balaban J connectivity index is 1.30. The molecule has 174 valence electrons. The fraction of sp³-hybridized carbons (Fsp3) is 0.962. The second-order valence-electron chi connectivity index (χ2n) is 12.5. The van der Waals surface area contributed by atoms with Crippen molar-refractivity contribution in [2.24, 2.45) is 34.5 Å². The molecular formula is C26H40O5. The van der Waals surface area contributed by atoms with Gasteiger partial charge < -0.3 is 18.9 Å². The summed E-state index contributed by atoms with van der Waals surface area (Å²) in [7, 11) is 0. The Morgan fingerprint density at radius 2 is 1.65 bits per heavy atom. The van der Waals surface area contributed by atoms with Crippen LogP contribution >= 0.6 is 0 Å². The minimum atomic E-state index is -0.402. The predicted octanol–water partition coefficient (Wildman–Crippen LogP) is 4.86. The summed E-state index contributed by atoms with van der Waals surface area (Å²) in [5.74, 6) is 2.07. The van der Waals surface area contributed by atoms with Gasteiger partial charge in [-0.25, -0.2) is 0 Å². The summed E-state index contributed by atoms with van der Waals surface area (Å²) >= 11 is 0. The first-order chi connectivity index (χ1) is 14.6. The van der Waals surface area contributed by atoms with E-state index in [4.69, 9.17) is 18.9 Å². The van der Waals surface area contributed by atoms with Crippen molar-refractivity contribution in [2.75, 3.05) is 13.2 Å². The van der Waals surface area contributed by atoms with Gasteiger partial charge in [-0.2, -0.15) is 0 Å². The molecule has 6 fully saturated rings. The molecule has 0 aromatic heterocycles. The second kappa shape index (κ2) is 6.27. The molecule has 0 bridgehead atoms. The Hall–Kier alpha value is -0.650. The standard InChI is InChI=1S/C26H40O5/c1-16(27)30-17-8-11-23(3)20-9-10-22(2)19(6-7-21(22)25(5)28-12-13-29-25)18(20)15-24(4)26(23,14-17)31-24/h17-21H,6-15H2,1-5H3/t17-,18-,19-,20-,21-,22-,23+,24-,26+/m0/s1. The van der Waals surface area contributed by atoms with Crippen LogP contribution in [0.25, 0.3) is 0 Å². The zero-order valence-corrected chi connectivity index (χ0v) is 20.0. The van der Waals surface area contributed by atoms with Crippen molar-refractivity contribution >= 4 is 5.97 Å². The quantitative estimate of drug-likeness (QED) is 0.461. The van der Waals surface area contributed by atoms with Crippen LogP contribution in [0.5, 0.6) is 0 Å². The smallest absolute Gasteiger partial charge is 0.302 e. The Bertz CT molecular complexity index is 791. The lowest BCUT2D eigenvalue weighted by Gasteiger charge is -2.61. The summed E-state index contributed by atoms with van der Waals surface area (Å²) in [6.07, 6.45) is 9.20. The summed E-state index contributed by atoms with van der Waals surface area (Å²) < 4.78 is 24.8. The molecule has 2 saturated heterocycles. The minimum absolute atomic E-state index is 0.0188.